The molecule has 3 atom stereocenters. The van der Waals surface area contributed by atoms with Gasteiger partial charge in [-0.15, -0.1) is 0 Å². The predicted molar refractivity (Wildman–Crippen MR) is 198 cm³/mol. The highest BCUT2D eigenvalue weighted by Crippen LogP contribution is 2.43. The lowest BCUT2D eigenvalue weighted by molar-refractivity contribution is -0.120. The summed E-state index contributed by atoms with van der Waals surface area (Å²) in [6, 6.07) is 20.4. The summed E-state index contributed by atoms with van der Waals surface area (Å²) >= 11 is 14.3. The molecule has 7 rings (SSSR count). The summed E-state index contributed by atoms with van der Waals surface area (Å²) in [5.74, 6) is 1.67. The van der Waals surface area contributed by atoms with E-state index >= 15 is 0 Å². The Balaban J connectivity index is 1.12. The molecule has 0 saturated carbocycles. The molecule has 12 heteroatoms. The van der Waals surface area contributed by atoms with Crippen molar-refractivity contribution in [2.24, 2.45) is 0 Å². The van der Waals surface area contributed by atoms with Gasteiger partial charge in [-0.25, -0.2) is 9.97 Å². The molecule has 2 amide bonds. The topological polar surface area (TPSA) is 121 Å². The van der Waals surface area contributed by atoms with Crippen LogP contribution in [0, 0.1) is 0 Å². The number of carbonyl (C=O) groups is 2. The first-order valence-corrected chi connectivity index (χ1v) is 17.9. The third kappa shape index (κ3) is 7.16. The normalized spacial score (nSPS) is 20.1. The van der Waals surface area contributed by atoms with E-state index in [0.29, 0.717) is 47.6 Å². The first-order chi connectivity index (χ1) is 24.3. The summed E-state index contributed by atoms with van der Waals surface area (Å²) in [7, 11) is 3.67. The minimum Gasteiger partial charge on any atom is -0.481 e. The van der Waals surface area contributed by atoms with Crippen molar-refractivity contribution in [1.29, 1.82) is 0 Å². The van der Waals surface area contributed by atoms with Crippen molar-refractivity contribution in [2.45, 2.75) is 56.8 Å². The van der Waals surface area contributed by atoms with Crippen molar-refractivity contribution in [1.82, 2.24) is 31.2 Å². The average Bonchev–Trinajstić information content (AvgIpc) is 3.75. The zero-order chi connectivity index (χ0) is 34.8. The van der Waals surface area contributed by atoms with Crippen molar-refractivity contribution in [3.8, 4) is 39.5 Å². The highest BCUT2D eigenvalue weighted by molar-refractivity contribution is 6.39. The van der Waals surface area contributed by atoms with Gasteiger partial charge in [-0.1, -0.05) is 71.7 Å². The van der Waals surface area contributed by atoms with E-state index in [-0.39, 0.29) is 29.9 Å². The number of hydrogen-bond donors (Lipinski definition) is 4. The van der Waals surface area contributed by atoms with Crippen molar-refractivity contribution in [3.05, 3.63) is 81.8 Å². The fraction of sp³-hybridized carbons (Fsp3) is 0.368. The van der Waals surface area contributed by atoms with Crippen LogP contribution in [-0.2, 0) is 16.1 Å². The monoisotopic (exact) mass is 713 g/mol. The maximum atomic E-state index is 11.7. The Bertz CT molecular complexity index is 1920. The van der Waals surface area contributed by atoms with Gasteiger partial charge in [-0.2, -0.15) is 0 Å². The molecular weight excluding hydrogens is 673 g/mol. The van der Waals surface area contributed by atoms with Crippen molar-refractivity contribution in [3.63, 3.8) is 0 Å². The fourth-order valence-corrected chi connectivity index (χ4v) is 7.76. The summed E-state index contributed by atoms with van der Waals surface area (Å²) in [5.41, 5.74) is 6.70. The van der Waals surface area contributed by atoms with E-state index in [1.54, 1.807) is 7.11 Å². The largest absolute Gasteiger partial charge is 0.481 e. The zero-order valence-electron chi connectivity index (χ0n) is 28.2. The van der Waals surface area contributed by atoms with Crippen molar-refractivity contribution >= 4 is 40.8 Å². The van der Waals surface area contributed by atoms with Crippen LogP contribution in [0.4, 0.5) is 5.82 Å². The summed E-state index contributed by atoms with van der Waals surface area (Å²) < 4.78 is 5.67. The fourth-order valence-electron chi connectivity index (χ4n) is 7.12. The minimum atomic E-state index is 0.103. The second-order valence-electron chi connectivity index (χ2n) is 13.2. The SMILES string of the molecule is COc1nc(-c2cccc(-c3cccc(-c4ccc5c(n4)N(C)CC[C@@H]5NC[C@@H]4CCC(=O)N4)c3Cl)c2Cl)ccc1CNC[C@@H]1CCC(=O)N1. The molecule has 2 aromatic carbocycles. The van der Waals surface area contributed by atoms with Gasteiger partial charge in [0, 0.05) is 97.6 Å². The smallest absolute Gasteiger partial charge is 0.220 e. The number of hydrogen-bond acceptors (Lipinski definition) is 8. The first kappa shape index (κ1) is 34.2. The Morgan fingerprint density at radius 2 is 1.40 bits per heavy atom. The summed E-state index contributed by atoms with van der Waals surface area (Å²) in [6.07, 6.45) is 3.83. The Morgan fingerprint density at radius 1 is 0.800 bits per heavy atom. The number of pyridine rings is 2. The molecule has 0 spiro atoms. The van der Waals surface area contributed by atoms with Crippen molar-refractivity contribution < 1.29 is 14.3 Å². The summed E-state index contributed by atoms with van der Waals surface area (Å²) in [6.45, 7) is 2.84. The van der Waals surface area contributed by atoms with Gasteiger partial charge in [0.1, 0.15) is 5.82 Å². The molecule has 0 radical (unpaired) electrons. The Morgan fingerprint density at radius 3 is 2.02 bits per heavy atom. The van der Waals surface area contributed by atoms with Crippen LogP contribution in [0.25, 0.3) is 33.6 Å². The van der Waals surface area contributed by atoms with Gasteiger partial charge in [-0.3, -0.25) is 9.59 Å². The lowest BCUT2D eigenvalue weighted by atomic mass is 9.96. The minimum absolute atomic E-state index is 0.103. The van der Waals surface area contributed by atoms with E-state index in [1.165, 1.54) is 0 Å². The highest BCUT2D eigenvalue weighted by atomic mass is 35.5. The van der Waals surface area contributed by atoms with Gasteiger partial charge in [0.15, 0.2) is 0 Å². The van der Waals surface area contributed by atoms with E-state index in [0.717, 1.165) is 77.2 Å². The van der Waals surface area contributed by atoms with Gasteiger partial charge in [-0.05, 0) is 31.4 Å². The third-order valence-corrected chi connectivity index (χ3v) is 10.7. The lowest BCUT2D eigenvalue weighted by Crippen LogP contribution is -2.40. The third-order valence-electron chi connectivity index (χ3n) is 9.85. The molecule has 0 bridgehead atoms. The number of halogens is 2. The molecule has 10 nitrogen and oxygen atoms in total. The molecule has 5 heterocycles. The van der Waals surface area contributed by atoms with Crippen LogP contribution in [0.1, 0.15) is 49.3 Å². The molecule has 4 aromatic rings. The van der Waals surface area contributed by atoms with Gasteiger partial charge in [0.2, 0.25) is 17.7 Å². The standard InChI is InChI=1S/C38H41Cl2N7O3/c1-47-18-17-30(42-21-24-11-16-34(49)44-24)29-12-14-31(45-37(29)47)27-7-3-5-25(35(27)39)26-6-4-8-28(36(26)40)32-13-9-22(38(46-32)50-2)19-41-20-23-10-15-33(48)43-23/h3-9,12-14,23-24,30,41-42H,10-11,15-21H2,1-2H3,(H,43,48)(H,44,49)/t23-,24-,30-/m0/s1. The molecule has 0 unspecified atom stereocenters. The Labute approximate surface area is 302 Å². The number of aromatic nitrogens is 2. The van der Waals surface area contributed by atoms with Crippen molar-refractivity contribution in [2.75, 3.05) is 38.7 Å². The van der Waals surface area contributed by atoms with E-state index in [2.05, 4.69) is 39.3 Å². The molecule has 3 aliphatic rings. The average molecular weight is 715 g/mol. The van der Waals surface area contributed by atoms with Crippen LogP contribution in [0.3, 0.4) is 0 Å². The second kappa shape index (κ2) is 14.9. The van der Waals surface area contributed by atoms with Crippen LogP contribution in [0.5, 0.6) is 5.88 Å². The number of carbonyl (C=O) groups excluding carboxylic acids is 2. The van der Waals surface area contributed by atoms with E-state index in [4.69, 9.17) is 37.9 Å². The molecule has 3 aliphatic heterocycles. The van der Waals surface area contributed by atoms with Crippen LogP contribution >= 0.6 is 23.2 Å². The summed E-state index contributed by atoms with van der Waals surface area (Å²) in [4.78, 5) is 35.3. The molecule has 2 fully saturated rings. The molecule has 0 aliphatic carbocycles. The van der Waals surface area contributed by atoms with E-state index in [1.807, 2.05) is 54.6 Å². The number of nitrogens with zero attached hydrogens (tertiary/aromatic N) is 3. The number of fused-ring (bicyclic) bond motifs is 1. The molecule has 50 heavy (non-hydrogen) atoms. The molecule has 2 aromatic heterocycles. The maximum absolute atomic E-state index is 11.7. The van der Waals surface area contributed by atoms with Crippen LogP contribution < -0.4 is 30.9 Å². The number of ether oxygens (including phenoxy) is 1. The highest BCUT2D eigenvalue weighted by Gasteiger charge is 2.28. The quantitative estimate of drug-likeness (QED) is 0.152. The van der Waals surface area contributed by atoms with Crippen LogP contribution in [-0.4, -0.2) is 67.7 Å². The van der Waals surface area contributed by atoms with Crippen LogP contribution in [0.15, 0.2) is 60.7 Å². The number of anilines is 1. The zero-order valence-corrected chi connectivity index (χ0v) is 29.7. The molecule has 4 N–H and O–H groups in total. The first-order valence-electron chi connectivity index (χ1n) is 17.2. The molecular formula is C38H41Cl2N7O3. The number of amides is 2. The van der Waals surface area contributed by atoms with Crippen LogP contribution in [0.2, 0.25) is 10.0 Å². The molecule has 2 saturated heterocycles. The summed E-state index contributed by atoms with van der Waals surface area (Å²) in [5, 5.41) is 14.2. The predicted octanol–water partition coefficient (Wildman–Crippen LogP) is 5.91. The number of rotatable bonds is 11. The van der Waals surface area contributed by atoms with Gasteiger partial charge in [0.05, 0.1) is 28.5 Å². The Hall–Kier alpha value is -4.22. The Kier molecular flexibility index (Phi) is 10.2. The van der Waals surface area contributed by atoms with E-state index in [9.17, 15) is 9.59 Å². The second-order valence-corrected chi connectivity index (χ2v) is 14.0. The number of methoxy groups -OCH3 is 1. The molecule has 260 valence electrons. The van der Waals surface area contributed by atoms with E-state index < -0.39 is 0 Å². The lowest BCUT2D eigenvalue weighted by Gasteiger charge is -2.33. The van der Waals surface area contributed by atoms with Gasteiger partial charge >= 0.3 is 0 Å². The number of benzene rings is 2. The van der Waals surface area contributed by atoms with Gasteiger partial charge in [0.25, 0.3) is 0 Å². The number of nitrogens with one attached hydrogen (secondary N) is 4. The maximum Gasteiger partial charge on any atom is 0.220 e. The van der Waals surface area contributed by atoms with Gasteiger partial charge < -0.3 is 30.9 Å².